The number of carbonyl (C=O) groups is 2. The van der Waals surface area contributed by atoms with Crippen LogP contribution in [0.25, 0.3) is 16.3 Å². The molecule has 0 fully saturated rings. The predicted molar refractivity (Wildman–Crippen MR) is 132 cm³/mol. The molecular weight excluding hydrogens is 416 g/mol. The molecule has 3 aromatic carbocycles. The molecule has 0 radical (unpaired) electrons. The lowest BCUT2D eigenvalue weighted by molar-refractivity contribution is -0.120. The van der Waals surface area contributed by atoms with E-state index in [4.69, 9.17) is 0 Å². The molecule has 2 amide bonds. The smallest absolute Gasteiger partial charge is 0.282 e. The van der Waals surface area contributed by atoms with Crippen LogP contribution in [-0.2, 0) is 9.59 Å². The molecule has 0 saturated carbocycles. The Morgan fingerprint density at radius 1 is 0.812 bits per heavy atom. The highest BCUT2D eigenvalue weighted by atomic mass is 32.1. The number of nitrogens with one attached hydrogen (secondary N) is 1. The second-order valence-electron chi connectivity index (χ2n) is 8.07. The summed E-state index contributed by atoms with van der Waals surface area (Å²) in [5.41, 5.74) is 3.31. The molecule has 1 aliphatic rings. The molecule has 1 aliphatic heterocycles. The van der Waals surface area contributed by atoms with Gasteiger partial charge in [-0.3, -0.25) is 9.59 Å². The quantitative estimate of drug-likeness (QED) is 0.366. The lowest BCUT2D eigenvalue weighted by Gasteiger charge is -2.18. The van der Waals surface area contributed by atoms with Gasteiger partial charge in [0, 0.05) is 16.0 Å². The van der Waals surface area contributed by atoms with Crippen LogP contribution in [0.3, 0.4) is 0 Å². The molecule has 5 heteroatoms. The number of thiophene rings is 1. The number of hydrogen-bond donors (Lipinski definition) is 1. The average Bonchev–Trinajstić information content (AvgIpc) is 3.41. The van der Waals surface area contributed by atoms with Crippen LogP contribution in [0.2, 0.25) is 0 Å². The van der Waals surface area contributed by atoms with E-state index in [2.05, 4.69) is 19.2 Å². The highest BCUT2D eigenvalue weighted by Gasteiger charge is 2.41. The maximum absolute atomic E-state index is 13.6. The Labute approximate surface area is 190 Å². The first kappa shape index (κ1) is 20.2. The van der Waals surface area contributed by atoms with E-state index in [0.717, 1.165) is 21.3 Å². The number of anilines is 2. The summed E-state index contributed by atoms with van der Waals surface area (Å²) in [7, 11) is 0. The molecule has 0 atom stereocenters. The molecular formula is C27H22N2O2S. The number of amides is 2. The Bertz CT molecular complexity index is 1350. The predicted octanol–water partition coefficient (Wildman–Crippen LogP) is 6.42. The summed E-state index contributed by atoms with van der Waals surface area (Å²) in [6.07, 6.45) is 0. The minimum Gasteiger partial charge on any atom is -0.350 e. The van der Waals surface area contributed by atoms with Gasteiger partial charge in [0.2, 0.25) is 0 Å². The van der Waals surface area contributed by atoms with E-state index in [1.165, 1.54) is 21.8 Å². The van der Waals surface area contributed by atoms with Crippen LogP contribution in [0.4, 0.5) is 11.4 Å². The van der Waals surface area contributed by atoms with E-state index in [0.29, 0.717) is 22.9 Å². The fourth-order valence-corrected chi connectivity index (χ4v) is 4.78. The number of fused-ring (bicyclic) bond motifs is 1. The van der Waals surface area contributed by atoms with Gasteiger partial charge in [-0.2, -0.15) is 0 Å². The van der Waals surface area contributed by atoms with Gasteiger partial charge in [-0.15, -0.1) is 11.3 Å². The molecule has 0 spiro atoms. The van der Waals surface area contributed by atoms with Crippen molar-refractivity contribution in [3.63, 3.8) is 0 Å². The summed E-state index contributed by atoms with van der Waals surface area (Å²) in [6.45, 7) is 4.28. The zero-order valence-electron chi connectivity index (χ0n) is 17.8. The summed E-state index contributed by atoms with van der Waals surface area (Å²) in [5, 5.41) is 7.01. The van der Waals surface area contributed by atoms with E-state index in [1.807, 2.05) is 84.2 Å². The minimum absolute atomic E-state index is 0.308. The Hall–Kier alpha value is -3.70. The van der Waals surface area contributed by atoms with Gasteiger partial charge in [-0.1, -0.05) is 68.4 Å². The van der Waals surface area contributed by atoms with Crippen molar-refractivity contribution in [2.45, 2.75) is 19.8 Å². The molecule has 4 aromatic rings. The van der Waals surface area contributed by atoms with Gasteiger partial charge in [0.25, 0.3) is 11.8 Å². The van der Waals surface area contributed by atoms with E-state index in [-0.39, 0.29) is 11.8 Å². The van der Waals surface area contributed by atoms with Gasteiger partial charge in [0.1, 0.15) is 5.70 Å². The van der Waals surface area contributed by atoms with Crippen molar-refractivity contribution in [3.05, 3.63) is 100 Å². The van der Waals surface area contributed by atoms with Crippen LogP contribution < -0.4 is 10.2 Å². The minimum atomic E-state index is -0.345. The van der Waals surface area contributed by atoms with Crippen LogP contribution in [0.5, 0.6) is 0 Å². The second-order valence-corrected chi connectivity index (χ2v) is 9.02. The zero-order chi connectivity index (χ0) is 22.2. The van der Waals surface area contributed by atoms with Gasteiger partial charge < -0.3 is 5.32 Å². The topological polar surface area (TPSA) is 49.4 Å². The third-order valence-electron chi connectivity index (χ3n) is 5.71. The highest BCUT2D eigenvalue weighted by molar-refractivity contribution is 7.11. The van der Waals surface area contributed by atoms with Crippen molar-refractivity contribution in [3.8, 4) is 0 Å². The molecule has 0 saturated heterocycles. The summed E-state index contributed by atoms with van der Waals surface area (Å²) in [4.78, 5) is 29.3. The average molecular weight is 439 g/mol. The first-order chi connectivity index (χ1) is 15.5. The van der Waals surface area contributed by atoms with Gasteiger partial charge in [0.05, 0.1) is 11.3 Å². The van der Waals surface area contributed by atoms with Crippen LogP contribution in [0.1, 0.15) is 30.2 Å². The van der Waals surface area contributed by atoms with Crippen LogP contribution in [0.15, 0.2) is 89.9 Å². The molecule has 5 rings (SSSR count). The standard InChI is InChI=1S/C27H22N2O2S/c1-17(2)18-12-14-20(15-13-18)28-25-24(23-11-6-16-32-23)26(30)29(27(25)31)22-10-5-8-19-7-3-4-9-21(19)22/h3-17,28H,1-2H3. The molecule has 1 N–H and O–H groups in total. The van der Waals surface area contributed by atoms with Crippen molar-refractivity contribution >= 4 is 50.9 Å². The van der Waals surface area contributed by atoms with Crippen molar-refractivity contribution in [1.29, 1.82) is 0 Å². The Balaban J connectivity index is 1.60. The lowest BCUT2D eigenvalue weighted by atomic mass is 10.0. The summed E-state index contributed by atoms with van der Waals surface area (Å²) < 4.78 is 0. The maximum Gasteiger partial charge on any atom is 0.282 e. The molecule has 2 heterocycles. The van der Waals surface area contributed by atoms with Crippen molar-refractivity contribution < 1.29 is 9.59 Å². The van der Waals surface area contributed by atoms with Crippen LogP contribution >= 0.6 is 11.3 Å². The number of carbonyl (C=O) groups excluding carboxylic acids is 2. The SMILES string of the molecule is CC(C)c1ccc(NC2=C(c3cccs3)C(=O)N(c3cccc4ccccc34)C2=O)cc1. The number of benzene rings is 3. The summed E-state index contributed by atoms with van der Waals surface area (Å²) in [5.74, 6) is -0.237. The third kappa shape index (κ3) is 3.41. The van der Waals surface area contributed by atoms with Crippen LogP contribution in [0, 0.1) is 0 Å². The van der Waals surface area contributed by atoms with Crippen molar-refractivity contribution in [2.75, 3.05) is 10.2 Å². The Morgan fingerprint density at radius 2 is 1.56 bits per heavy atom. The Morgan fingerprint density at radius 3 is 2.28 bits per heavy atom. The molecule has 4 nitrogen and oxygen atoms in total. The van der Waals surface area contributed by atoms with E-state index < -0.39 is 0 Å². The van der Waals surface area contributed by atoms with Gasteiger partial charge >= 0.3 is 0 Å². The van der Waals surface area contributed by atoms with E-state index >= 15 is 0 Å². The van der Waals surface area contributed by atoms with Gasteiger partial charge in [-0.05, 0) is 46.5 Å². The first-order valence-electron chi connectivity index (χ1n) is 10.6. The number of imide groups is 1. The number of nitrogens with zero attached hydrogens (tertiary/aromatic N) is 1. The fraction of sp³-hybridized carbons (Fsp3) is 0.111. The summed E-state index contributed by atoms with van der Waals surface area (Å²) >= 11 is 1.45. The van der Waals surface area contributed by atoms with Crippen LogP contribution in [-0.4, -0.2) is 11.8 Å². The monoisotopic (exact) mass is 438 g/mol. The van der Waals surface area contributed by atoms with Crippen molar-refractivity contribution in [1.82, 2.24) is 0 Å². The lowest BCUT2D eigenvalue weighted by Crippen LogP contribution is -2.32. The number of hydrogen-bond acceptors (Lipinski definition) is 4. The van der Waals surface area contributed by atoms with E-state index in [9.17, 15) is 9.59 Å². The molecule has 0 bridgehead atoms. The number of rotatable bonds is 5. The normalized spacial score (nSPS) is 14.2. The van der Waals surface area contributed by atoms with Crippen molar-refractivity contribution in [2.24, 2.45) is 0 Å². The first-order valence-corrected chi connectivity index (χ1v) is 11.4. The Kier molecular flexibility index (Phi) is 5.11. The highest BCUT2D eigenvalue weighted by Crippen LogP contribution is 2.38. The summed E-state index contributed by atoms with van der Waals surface area (Å²) in [6, 6.07) is 25.2. The third-order valence-corrected chi connectivity index (χ3v) is 6.59. The maximum atomic E-state index is 13.6. The fourth-order valence-electron chi connectivity index (χ4n) is 4.01. The molecule has 32 heavy (non-hydrogen) atoms. The molecule has 0 unspecified atom stereocenters. The molecule has 1 aromatic heterocycles. The molecule has 158 valence electrons. The molecule has 0 aliphatic carbocycles. The van der Waals surface area contributed by atoms with Gasteiger partial charge in [0.15, 0.2) is 0 Å². The largest absolute Gasteiger partial charge is 0.350 e. The van der Waals surface area contributed by atoms with Gasteiger partial charge in [-0.25, -0.2) is 4.90 Å². The zero-order valence-corrected chi connectivity index (χ0v) is 18.6. The second kappa shape index (κ2) is 8.09. The van der Waals surface area contributed by atoms with E-state index in [1.54, 1.807) is 0 Å².